The molecule has 1 heterocycles. The molecule has 32 heavy (non-hydrogen) atoms. The van der Waals surface area contributed by atoms with Crippen molar-refractivity contribution in [2.45, 2.75) is 11.8 Å². The number of piperazine rings is 1. The van der Waals surface area contributed by atoms with E-state index in [1.807, 2.05) is 24.3 Å². The zero-order valence-electron chi connectivity index (χ0n) is 18.5. The molecule has 1 saturated heterocycles. The number of nitrogens with one attached hydrogen (secondary N) is 2. The van der Waals surface area contributed by atoms with Gasteiger partial charge in [-0.2, -0.15) is 4.31 Å². The number of hydrogen-bond donors (Lipinski definition) is 2. The normalized spacial score (nSPS) is 14.9. The highest BCUT2D eigenvalue weighted by Gasteiger charge is 2.24. The van der Waals surface area contributed by atoms with Crippen LogP contribution >= 0.6 is 0 Å². The van der Waals surface area contributed by atoms with E-state index in [2.05, 4.69) is 27.5 Å². The van der Waals surface area contributed by atoms with Gasteiger partial charge in [-0.25, -0.2) is 8.42 Å². The molecule has 0 unspecified atom stereocenters. The van der Waals surface area contributed by atoms with Crippen molar-refractivity contribution in [1.29, 1.82) is 0 Å². The first-order valence-corrected chi connectivity index (χ1v) is 11.8. The number of para-hydroxylation sites is 2. The van der Waals surface area contributed by atoms with Gasteiger partial charge in [-0.1, -0.05) is 12.1 Å². The zero-order valence-corrected chi connectivity index (χ0v) is 19.4. The lowest BCUT2D eigenvalue weighted by Crippen LogP contribution is -2.44. The monoisotopic (exact) mass is 459 g/mol. The summed E-state index contributed by atoms with van der Waals surface area (Å²) in [6, 6.07) is 13.4. The first kappa shape index (κ1) is 23.7. The maximum atomic E-state index is 12.8. The Bertz CT molecular complexity index is 1060. The first-order valence-electron chi connectivity index (χ1n) is 10.3. The van der Waals surface area contributed by atoms with Crippen LogP contribution in [0.15, 0.2) is 53.4 Å². The molecule has 2 aromatic rings. The Morgan fingerprint density at radius 2 is 1.59 bits per heavy atom. The van der Waals surface area contributed by atoms with Crippen molar-refractivity contribution in [3.8, 4) is 0 Å². The molecule has 1 fully saturated rings. The molecule has 2 N–H and O–H groups in total. The largest absolute Gasteiger partial charge is 0.367 e. The summed E-state index contributed by atoms with van der Waals surface area (Å²) in [7, 11) is -0.422. The minimum Gasteiger partial charge on any atom is -0.367 e. The van der Waals surface area contributed by atoms with E-state index in [-0.39, 0.29) is 17.3 Å². The lowest BCUT2D eigenvalue weighted by molar-refractivity contribution is -0.116. The maximum absolute atomic E-state index is 12.8. The minimum absolute atomic E-state index is 0.0414. The number of hydrogen-bond acceptors (Lipinski definition) is 6. The van der Waals surface area contributed by atoms with Crippen molar-refractivity contribution in [1.82, 2.24) is 9.21 Å². The van der Waals surface area contributed by atoms with Crippen LogP contribution in [0.25, 0.3) is 0 Å². The molecule has 1 aliphatic heterocycles. The molecule has 3 rings (SSSR count). The standard InChI is InChI=1S/C22H29N5O4S/c1-17(28)23-18-8-10-19(11-9-18)32(30,31)26(3)16-22(29)24-20-6-4-5-7-21(20)27-14-12-25(2)13-15-27/h4-11H,12-16H2,1-3H3,(H,23,28)(H,24,29). The molecular weight excluding hydrogens is 430 g/mol. The summed E-state index contributed by atoms with van der Waals surface area (Å²) in [6.07, 6.45) is 0. The van der Waals surface area contributed by atoms with Gasteiger partial charge in [0.1, 0.15) is 0 Å². The molecule has 0 bridgehead atoms. The van der Waals surface area contributed by atoms with Gasteiger partial charge in [-0.3, -0.25) is 9.59 Å². The van der Waals surface area contributed by atoms with Gasteiger partial charge in [-0.15, -0.1) is 0 Å². The number of likely N-dealkylation sites (N-methyl/N-ethyl adjacent to an activating group) is 2. The summed E-state index contributed by atoms with van der Waals surface area (Å²) in [5, 5.41) is 5.45. The van der Waals surface area contributed by atoms with Crippen LogP contribution in [0.5, 0.6) is 0 Å². The lowest BCUT2D eigenvalue weighted by atomic mass is 10.2. The highest BCUT2D eigenvalue weighted by molar-refractivity contribution is 7.89. The summed E-state index contributed by atoms with van der Waals surface area (Å²) in [4.78, 5) is 28.3. The highest BCUT2D eigenvalue weighted by Crippen LogP contribution is 2.26. The van der Waals surface area contributed by atoms with E-state index >= 15 is 0 Å². The lowest BCUT2D eigenvalue weighted by Gasteiger charge is -2.35. The number of nitrogens with zero attached hydrogens (tertiary/aromatic N) is 3. The molecule has 0 radical (unpaired) electrons. The maximum Gasteiger partial charge on any atom is 0.243 e. The second kappa shape index (κ2) is 10.1. The summed E-state index contributed by atoms with van der Waals surface area (Å²) in [5.74, 6) is -0.668. The van der Waals surface area contributed by atoms with Crippen LogP contribution < -0.4 is 15.5 Å². The van der Waals surface area contributed by atoms with Gasteiger partial charge in [-0.05, 0) is 43.4 Å². The molecule has 2 aromatic carbocycles. The Balaban J connectivity index is 1.66. The Kier molecular flexibility index (Phi) is 7.49. The van der Waals surface area contributed by atoms with Crippen molar-refractivity contribution in [2.24, 2.45) is 0 Å². The van der Waals surface area contributed by atoms with E-state index in [4.69, 9.17) is 0 Å². The molecule has 9 nitrogen and oxygen atoms in total. The highest BCUT2D eigenvalue weighted by atomic mass is 32.2. The van der Waals surface area contributed by atoms with Crippen molar-refractivity contribution < 1.29 is 18.0 Å². The number of anilines is 3. The Morgan fingerprint density at radius 1 is 0.969 bits per heavy atom. The Labute approximate surface area is 189 Å². The van der Waals surface area contributed by atoms with Crippen molar-refractivity contribution in [3.05, 3.63) is 48.5 Å². The second-order valence-corrected chi connectivity index (χ2v) is 9.87. The van der Waals surface area contributed by atoms with Crippen LogP contribution in [0.2, 0.25) is 0 Å². The molecule has 1 aliphatic rings. The number of carbonyl (C=O) groups excluding carboxylic acids is 2. The number of amides is 2. The van der Waals surface area contributed by atoms with Crippen molar-refractivity contribution in [2.75, 3.05) is 62.4 Å². The quantitative estimate of drug-likeness (QED) is 0.653. The molecule has 172 valence electrons. The van der Waals surface area contributed by atoms with Crippen LogP contribution in [-0.2, 0) is 19.6 Å². The molecule has 0 aromatic heterocycles. The smallest absolute Gasteiger partial charge is 0.243 e. The minimum atomic E-state index is -3.86. The SMILES string of the molecule is CC(=O)Nc1ccc(S(=O)(=O)N(C)CC(=O)Nc2ccccc2N2CCN(C)CC2)cc1. The third-order valence-corrected chi connectivity index (χ3v) is 7.09. The number of rotatable bonds is 7. The van der Waals surface area contributed by atoms with Gasteiger partial charge in [0.2, 0.25) is 21.8 Å². The molecule has 10 heteroatoms. The van der Waals surface area contributed by atoms with Crippen molar-refractivity contribution >= 4 is 38.9 Å². The van der Waals surface area contributed by atoms with E-state index < -0.39 is 15.9 Å². The summed E-state index contributed by atoms with van der Waals surface area (Å²) in [5.41, 5.74) is 2.08. The van der Waals surface area contributed by atoms with E-state index in [1.165, 1.54) is 38.2 Å². The summed E-state index contributed by atoms with van der Waals surface area (Å²) < 4.78 is 26.7. The van der Waals surface area contributed by atoms with Gasteiger partial charge in [0, 0.05) is 45.8 Å². The topological polar surface area (TPSA) is 102 Å². The molecule has 0 aliphatic carbocycles. The predicted molar refractivity (Wildman–Crippen MR) is 125 cm³/mol. The fourth-order valence-corrected chi connectivity index (χ4v) is 4.60. The summed E-state index contributed by atoms with van der Waals surface area (Å²) in [6.45, 7) is 4.62. The zero-order chi connectivity index (χ0) is 23.3. The third kappa shape index (κ3) is 5.84. The molecule has 0 atom stereocenters. The van der Waals surface area contributed by atoms with Gasteiger partial charge >= 0.3 is 0 Å². The van der Waals surface area contributed by atoms with Gasteiger partial charge < -0.3 is 20.4 Å². The van der Waals surface area contributed by atoms with Crippen LogP contribution in [-0.4, -0.2) is 76.3 Å². The van der Waals surface area contributed by atoms with E-state index in [0.717, 1.165) is 36.2 Å². The van der Waals surface area contributed by atoms with E-state index in [9.17, 15) is 18.0 Å². The van der Waals surface area contributed by atoms with Crippen LogP contribution in [0.4, 0.5) is 17.1 Å². The van der Waals surface area contributed by atoms with Crippen LogP contribution in [0.1, 0.15) is 6.92 Å². The van der Waals surface area contributed by atoms with Crippen molar-refractivity contribution in [3.63, 3.8) is 0 Å². The van der Waals surface area contributed by atoms with Gasteiger partial charge in [0.15, 0.2) is 0 Å². The molecular formula is C22H29N5O4S. The molecule has 2 amide bonds. The fourth-order valence-electron chi connectivity index (χ4n) is 3.47. The third-order valence-electron chi connectivity index (χ3n) is 5.27. The Hall–Kier alpha value is -2.95. The average Bonchev–Trinajstić information content (AvgIpc) is 2.74. The Morgan fingerprint density at radius 3 is 2.22 bits per heavy atom. The number of sulfonamides is 1. The van der Waals surface area contributed by atoms with E-state index in [0.29, 0.717) is 11.4 Å². The second-order valence-electron chi connectivity index (χ2n) is 7.82. The van der Waals surface area contributed by atoms with Crippen LogP contribution in [0, 0.1) is 0 Å². The first-order chi connectivity index (χ1) is 15.2. The average molecular weight is 460 g/mol. The van der Waals surface area contributed by atoms with Gasteiger partial charge in [0.05, 0.1) is 22.8 Å². The fraction of sp³-hybridized carbons (Fsp3) is 0.364. The molecule has 0 saturated carbocycles. The summed E-state index contributed by atoms with van der Waals surface area (Å²) >= 11 is 0. The van der Waals surface area contributed by atoms with E-state index in [1.54, 1.807) is 0 Å². The predicted octanol–water partition coefficient (Wildman–Crippen LogP) is 1.66. The van der Waals surface area contributed by atoms with Gasteiger partial charge in [0.25, 0.3) is 0 Å². The molecule has 0 spiro atoms. The van der Waals surface area contributed by atoms with Crippen LogP contribution in [0.3, 0.4) is 0 Å². The number of carbonyl (C=O) groups is 2. The number of benzene rings is 2.